The lowest BCUT2D eigenvalue weighted by molar-refractivity contribution is 0.170. The number of hydrogen-bond acceptors (Lipinski definition) is 2. The zero-order chi connectivity index (χ0) is 11.7. The highest BCUT2D eigenvalue weighted by Crippen LogP contribution is 2.21. The van der Waals surface area contributed by atoms with Crippen molar-refractivity contribution in [2.75, 3.05) is 25.0 Å². The summed E-state index contributed by atoms with van der Waals surface area (Å²) in [6.07, 6.45) is 0. The van der Waals surface area contributed by atoms with Crippen LogP contribution in [0.5, 0.6) is 0 Å². The van der Waals surface area contributed by atoms with Crippen LogP contribution >= 0.6 is 0 Å². The molecule has 1 saturated heterocycles. The molecule has 1 fully saturated rings. The van der Waals surface area contributed by atoms with E-state index in [4.69, 9.17) is 0 Å². The molecule has 0 aromatic heterocycles. The van der Waals surface area contributed by atoms with E-state index in [9.17, 15) is 0 Å². The zero-order valence-electron chi connectivity index (χ0n) is 10.8. The van der Waals surface area contributed by atoms with Gasteiger partial charge in [0.2, 0.25) is 0 Å². The van der Waals surface area contributed by atoms with Crippen molar-refractivity contribution >= 4 is 5.69 Å². The van der Waals surface area contributed by atoms with E-state index in [0.717, 1.165) is 13.1 Å². The molecule has 1 heterocycles. The van der Waals surface area contributed by atoms with Gasteiger partial charge in [0, 0.05) is 30.9 Å². The molecule has 0 saturated carbocycles. The van der Waals surface area contributed by atoms with Crippen LogP contribution in [0, 0.1) is 6.92 Å². The van der Waals surface area contributed by atoms with Crippen LogP contribution in [-0.4, -0.2) is 37.1 Å². The van der Waals surface area contributed by atoms with E-state index in [2.05, 4.69) is 61.9 Å². The molecule has 2 heteroatoms. The van der Waals surface area contributed by atoms with Gasteiger partial charge in [0.05, 0.1) is 0 Å². The summed E-state index contributed by atoms with van der Waals surface area (Å²) in [6, 6.07) is 10.1. The van der Waals surface area contributed by atoms with Gasteiger partial charge in [0.15, 0.2) is 0 Å². The van der Waals surface area contributed by atoms with E-state index in [1.807, 2.05) is 0 Å². The maximum absolute atomic E-state index is 2.49. The first-order valence-corrected chi connectivity index (χ1v) is 6.11. The number of benzene rings is 1. The number of anilines is 1. The number of hydrogen-bond donors (Lipinski definition) is 0. The summed E-state index contributed by atoms with van der Waals surface area (Å²) in [5.74, 6) is 0. The van der Waals surface area contributed by atoms with Gasteiger partial charge in [0.25, 0.3) is 0 Å². The predicted octanol–water partition coefficient (Wildman–Crippen LogP) is 2.52. The molecule has 2 atom stereocenters. The monoisotopic (exact) mass is 218 g/mol. The molecular formula is C14H22N2. The van der Waals surface area contributed by atoms with E-state index in [-0.39, 0.29) is 0 Å². The van der Waals surface area contributed by atoms with Crippen LogP contribution in [-0.2, 0) is 0 Å². The summed E-state index contributed by atoms with van der Waals surface area (Å²) in [4.78, 5) is 4.96. The lowest BCUT2D eigenvalue weighted by Gasteiger charge is -2.43. The van der Waals surface area contributed by atoms with Crippen LogP contribution in [0.25, 0.3) is 0 Å². The molecule has 1 aromatic carbocycles. The fourth-order valence-corrected chi connectivity index (χ4v) is 2.37. The zero-order valence-corrected chi connectivity index (χ0v) is 10.8. The summed E-state index contributed by atoms with van der Waals surface area (Å²) in [5.41, 5.74) is 2.69. The Hall–Kier alpha value is -1.02. The van der Waals surface area contributed by atoms with Crippen molar-refractivity contribution in [3.8, 4) is 0 Å². The maximum atomic E-state index is 2.49. The van der Waals surface area contributed by atoms with Crippen molar-refractivity contribution in [3.05, 3.63) is 29.8 Å². The first-order valence-electron chi connectivity index (χ1n) is 6.11. The SMILES string of the molecule is Cc1ccc(N2CC(C)N(C)C(C)C2)cc1. The van der Waals surface area contributed by atoms with Gasteiger partial charge < -0.3 is 4.90 Å². The first-order chi connectivity index (χ1) is 7.58. The quantitative estimate of drug-likeness (QED) is 0.714. The normalized spacial score (nSPS) is 27.1. The molecule has 2 unspecified atom stereocenters. The molecule has 1 aliphatic rings. The topological polar surface area (TPSA) is 6.48 Å². The molecule has 1 aromatic rings. The third kappa shape index (κ3) is 2.22. The van der Waals surface area contributed by atoms with Crippen molar-refractivity contribution in [1.82, 2.24) is 4.90 Å². The number of rotatable bonds is 1. The second-order valence-corrected chi connectivity index (χ2v) is 5.10. The molecule has 16 heavy (non-hydrogen) atoms. The molecule has 0 radical (unpaired) electrons. The van der Waals surface area contributed by atoms with Crippen LogP contribution in [0.2, 0.25) is 0 Å². The third-order valence-corrected chi connectivity index (χ3v) is 3.76. The molecule has 0 aliphatic carbocycles. The number of aryl methyl sites for hydroxylation is 1. The van der Waals surface area contributed by atoms with Crippen LogP contribution in [0.1, 0.15) is 19.4 Å². The Labute approximate surface area is 98.9 Å². The Balaban J connectivity index is 2.13. The highest BCUT2D eigenvalue weighted by molar-refractivity contribution is 5.48. The van der Waals surface area contributed by atoms with Crippen LogP contribution in [0.3, 0.4) is 0 Å². The average molecular weight is 218 g/mol. The Bertz CT molecular complexity index is 332. The van der Waals surface area contributed by atoms with Gasteiger partial charge in [-0.3, -0.25) is 4.90 Å². The Kier molecular flexibility index (Phi) is 3.20. The van der Waals surface area contributed by atoms with Crippen LogP contribution < -0.4 is 4.90 Å². The van der Waals surface area contributed by atoms with Gasteiger partial charge in [-0.1, -0.05) is 17.7 Å². The van der Waals surface area contributed by atoms with Crippen molar-refractivity contribution in [2.45, 2.75) is 32.9 Å². The van der Waals surface area contributed by atoms with E-state index in [1.165, 1.54) is 11.3 Å². The van der Waals surface area contributed by atoms with Crippen molar-refractivity contribution < 1.29 is 0 Å². The second-order valence-electron chi connectivity index (χ2n) is 5.10. The minimum atomic E-state index is 0.630. The van der Waals surface area contributed by atoms with Gasteiger partial charge in [-0.05, 0) is 40.0 Å². The fraction of sp³-hybridized carbons (Fsp3) is 0.571. The average Bonchev–Trinajstić information content (AvgIpc) is 2.26. The number of piperazine rings is 1. The Morgan fingerprint density at radius 1 is 1.00 bits per heavy atom. The predicted molar refractivity (Wildman–Crippen MR) is 70.1 cm³/mol. The van der Waals surface area contributed by atoms with Crippen LogP contribution in [0.15, 0.2) is 24.3 Å². The van der Waals surface area contributed by atoms with Gasteiger partial charge in [-0.25, -0.2) is 0 Å². The maximum Gasteiger partial charge on any atom is 0.0367 e. The standard InChI is InChI=1S/C14H22N2/c1-11-5-7-14(8-6-11)16-9-12(2)15(4)13(3)10-16/h5-8,12-13H,9-10H2,1-4H3. The molecule has 88 valence electrons. The summed E-state index contributed by atoms with van der Waals surface area (Å²) in [5, 5.41) is 0. The molecule has 0 amide bonds. The van der Waals surface area contributed by atoms with Gasteiger partial charge >= 0.3 is 0 Å². The summed E-state index contributed by atoms with van der Waals surface area (Å²) >= 11 is 0. The lowest BCUT2D eigenvalue weighted by Crippen LogP contribution is -2.55. The summed E-state index contributed by atoms with van der Waals surface area (Å²) in [6.45, 7) is 9.00. The largest absolute Gasteiger partial charge is 0.368 e. The van der Waals surface area contributed by atoms with E-state index in [1.54, 1.807) is 0 Å². The minimum absolute atomic E-state index is 0.630. The molecule has 2 nitrogen and oxygen atoms in total. The molecule has 1 aliphatic heterocycles. The highest BCUT2D eigenvalue weighted by atomic mass is 15.3. The second kappa shape index (κ2) is 4.46. The third-order valence-electron chi connectivity index (χ3n) is 3.76. The Morgan fingerprint density at radius 2 is 1.50 bits per heavy atom. The molecule has 0 spiro atoms. The summed E-state index contributed by atoms with van der Waals surface area (Å²) < 4.78 is 0. The van der Waals surface area contributed by atoms with Crippen molar-refractivity contribution in [2.24, 2.45) is 0 Å². The smallest absolute Gasteiger partial charge is 0.0367 e. The van der Waals surface area contributed by atoms with Gasteiger partial charge in [0.1, 0.15) is 0 Å². The van der Waals surface area contributed by atoms with Crippen molar-refractivity contribution in [3.63, 3.8) is 0 Å². The molecule has 0 bridgehead atoms. The first kappa shape index (κ1) is 11.5. The molecule has 0 N–H and O–H groups in total. The fourth-order valence-electron chi connectivity index (χ4n) is 2.37. The highest BCUT2D eigenvalue weighted by Gasteiger charge is 2.26. The van der Waals surface area contributed by atoms with Crippen molar-refractivity contribution in [1.29, 1.82) is 0 Å². The Morgan fingerprint density at radius 3 is 2.00 bits per heavy atom. The van der Waals surface area contributed by atoms with Crippen LogP contribution in [0.4, 0.5) is 5.69 Å². The minimum Gasteiger partial charge on any atom is -0.368 e. The molecule has 2 rings (SSSR count). The van der Waals surface area contributed by atoms with E-state index in [0.29, 0.717) is 12.1 Å². The number of likely N-dealkylation sites (N-methyl/N-ethyl adjacent to an activating group) is 1. The number of nitrogens with zero attached hydrogens (tertiary/aromatic N) is 2. The van der Waals surface area contributed by atoms with E-state index >= 15 is 0 Å². The van der Waals surface area contributed by atoms with Gasteiger partial charge in [-0.2, -0.15) is 0 Å². The summed E-state index contributed by atoms with van der Waals surface area (Å²) in [7, 11) is 2.22. The van der Waals surface area contributed by atoms with E-state index < -0.39 is 0 Å². The molecular weight excluding hydrogens is 196 g/mol. The lowest BCUT2D eigenvalue weighted by atomic mass is 10.1. The van der Waals surface area contributed by atoms with Gasteiger partial charge in [-0.15, -0.1) is 0 Å².